The van der Waals surface area contributed by atoms with E-state index in [1.54, 1.807) is 13.8 Å². The highest BCUT2D eigenvalue weighted by Crippen LogP contribution is 2.30. The van der Waals surface area contributed by atoms with Crippen LogP contribution in [0.15, 0.2) is 70.9 Å². The molecule has 0 spiro atoms. The number of amides is 1. The van der Waals surface area contributed by atoms with Gasteiger partial charge < -0.3 is 15.4 Å². The number of amidine groups is 1. The van der Waals surface area contributed by atoms with E-state index in [-0.39, 0.29) is 30.3 Å². The van der Waals surface area contributed by atoms with E-state index in [4.69, 9.17) is 4.74 Å². The third-order valence-corrected chi connectivity index (χ3v) is 4.02. The summed E-state index contributed by atoms with van der Waals surface area (Å²) in [5, 5.41) is 5.96. The Balaban J connectivity index is 1.94. The minimum Gasteiger partial charge on any atom is -0.462 e. The number of rotatable bonds is 4. The summed E-state index contributed by atoms with van der Waals surface area (Å²) in [5.74, 6) is -0.604. The minimum absolute atomic E-state index is 0.185. The standard InChI is InChI=1S/C21H21N3O3/c1-3-27-21(26)19-14(2)22-16-11-7-8-12-17(16)23-20(19)24-18(25)13-15-9-5-4-6-10-15/h4-12,22H,3,13H2,1-2H3,(H,23,24,25). The van der Waals surface area contributed by atoms with Crippen molar-refractivity contribution in [2.45, 2.75) is 20.3 Å². The zero-order valence-electron chi connectivity index (χ0n) is 15.3. The highest BCUT2D eigenvalue weighted by molar-refractivity contribution is 6.24. The molecule has 0 radical (unpaired) electrons. The SMILES string of the molecule is CCOC(=O)C1=C(C)Nc2ccccc2N=C1NC(=O)Cc1ccccc1. The van der Waals surface area contributed by atoms with E-state index in [0.717, 1.165) is 11.3 Å². The van der Waals surface area contributed by atoms with Crippen LogP contribution in [0.1, 0.15) is 19.4 Å². The molecule has 2 N–H and O–H groups in total. The van der Waals surface area contributed by atoms with Crippen LogP contribution in [-0.4, -0.2) is 24.3 Å². The van der Waals surface area contributed by atoms with Gasteiger partial charge >= 0.3 is 5.97 Å². The number of aliphatic imine (C=N–C) groups is 1. The molecule has 3 rings (SSSR count). The Morgan fingerprint density at radius 2 is 1.78 bits per heavy atom. The number of hydrogen-bond acceptors (Lipinski definition) is 5. The molecule has 27 heavy (non-hydrogen) atoms. The zero-order chi connectivity index (χ0) is 19.2. The van der Waals surface area contributed by atoms with Crippen LogP contribution in [0.2, 0.25) is 0 Å². The molecule has 6 nitrogen and oxygen atoms in total. The molecule has 0 bridgehead atoms. The fourth-order valence-corrected chi connectivity index (χ4v) is 2.80. The second-order valence-corrected chi connectivity index (χ2v) is 6.03. The summed E-state index contributed by atoms with van der Waals surface area (Å²) >= 11 is 0. The molecule has 6 heteroatoms. The highest BCUT2D eigenvalue weighted by atomic mass is 16.5. The van der Waals surface area contributed by atoms with Crippen molar-refractivity contribution >= 4 is 29.1 Å². The van der Waals surface area contributed by atoms with Crippen molar-refractivity contribution in [3.8, 4) is 0 Å². The van der Waals surface area contributed by atoms with Crippen LogP contribution in [0.4, 0.5) is 11.4 Å². The number of fused-ring (bicyclic) bond motifs is 1. The van der Waals surface area contributed by atoms with Gasteiger partial charge in [-0.1, -0.05) is 42.5 Å². The van der Waals surface area contributed by atoms with Gasteiger partial charge in [0.1, 0.15) is 11.4 Å². The summed E-state index contributed by atoms with van der Waals surface area (Å²) < 4.78 is 5.17. The monoisotopic (exact) mass is 363 g/mol. The second kappa shape index (κ2) is 8.31. The van der Waals surface area contributed by atoms with Gasteiger partial charge in [-0.05, 0) is 31.5 Å². The summed E-state index contributed by atoms with van der Waals surface area (Å²) in [6.07, 6.45) is 0.185. The van der Waals surface area contributed by atoms with E-state index >= 15 is 0 Å². The van der Waals surface area contributed by atoms with Crippen LogP contribution in [0.5, 0.6) is 0 Å². The molecule has 1 aliphatic rings. The molecule has 0 atom stereocenters. The lowest BCUT2D eigenvalue weighted by molar-refractivity contribution is -0.137. The van der Waals surface area contributed by atoms with Crippen molar-refractivity contribution in [1.82, 2.24) is 5.32 Å². The summed E-state index contributed by atoms with van der Waals surface area (Å²) in [6.45, 7) is 3.72. The molecule has 1 heterocycles. The van der Waals surface area contributed by atoms with Crippen LogP contribution < -0.4 is 10.6 Å². The molecule has 1 amide bonds. The molecule has 0 fully saturated rings. The molecular formula is C21H21N3O3. The van der Waals surface area contributed by atoms with Crippen molar-refractivity contribution in [2.24, 2.45) is 4.99 Å². The van der Waals surface area contributed by atoms with Crippen LogP contribution in [-0.2, 0) is 20.7 Å². The lowest BCUT2D eigenvalue weighted by atomic mass is 10.1. The van der Waals surface area contributed by atoms with Crippen LogP contribution in [0.25, 0.3) is 0 Å². The lowest BCUT2D eigenvalue weighted by Gasteiger charge is -2.13. The maximum absolute atomic E-state index is 12.6. The number of allylic oxidation sites excluding steroid dienone is 1. The first-order chi connectivity index (χ1) is 13.1. The van der Waals surface area contributed by atoms with E-state index in [0.29, 0.717) is 11.4 Å². The fourth-order valence-electron chi connectivity index (χ4n) is 2.80. The minimum atomic E-state index is -0.533. The Morgan fingerprint density at radius 1 is 1.07 bits per heavy atom. The number of ether oxygens (including phenoxy) is 1. The molecule has 138 valence electrons. The molecule has 0 saturated carbocycles. The Kier molecular flexibility index (Phi) is 5.66. The first-order valence-electron chi connectivity index (χ1n) is 8.75. The molecular weight excluding hydrogens is 342 g/mol. The molecule has 2 aromatic rings. The van der Waals surface area contributed by atoms with Crippen LogP contribution in [0, 0.1) is 0 Å². The fraction of sp³-hybridized carbons (Fsp3) is 0.190. The van der Waals surface area contributed by atoms with Crippen molar-refractivity contribution in [3.63, 3.8) is 0 Å². The Labute approximate surface area is 158 Å². The second-order valence-electron chi connectivity index (χ2n) is 6.03. The van der Waals surface area contributed by atoms with Gasteiger partial charge in [0.15, 0.2) is 0 Å². The first-order valence-corrected chi connectivity index (χ1v) is 8.75. The number of hydrogen-bond donors (Lipinski definition) is 2. The quantitative estimate of drug-likeness (QED) is 0.817. The van der Waals surface area contributed by atoms with Gasteiger partial charge in [0.2, 0.25) is 5.91 Å². The summed E-state index contributed by atoms with van der Waals surface area (Å²) in [4.78, 5) is 29.6. The summed E-state index contributed by atoms with van der Waals surface area (Å²) in [5.41, 5.74) is 3.04. The largest absolute Gasteiger partial charge is 0.462 e. The van der Waals surface area contributed by atoms with E-state index < -0.39 is 5.97 Å². The van der Waals surface area contributed by atoms with E-state index in [1.165, 1.54) is 0 Å². The van der Waals surface area contributed by atoms with Crippen molar-refractivity contribution in [3.05, 3.63) is 71.4 Å². The Bertz CT molecular complexity index is 917. The van der Waals surface area contributed by atoms with Gasteiger partial charge in [0.25, 0.3) is 0 Å². The van der Waals surface area contributed by atoms with E-state index in [1.807, 2.05) is 54.6 Å². The Morgan fingerprint density at radius 3 is 2.52 bits per heavy atom. The summed E-state index contributed by atoms with van der Waals surface area (Å²) in [7, 11) is 0. The third-order valence-electron chi connectivity index (χ3n) is 4.02. The van der Waals surface area contributed by atoms with Gasteiger partial charge in [0, 0.05) is 5.70 Å². The van der Waals surface area contributed by atoms with Crippen LogP contribution >= 0.6 is 0 Å². The average molecular weight is 363 g/mol. The summed E-state index contributed by atoms with van der Waals surface area (Å²) in [6, 6.07) is 16.8. The van der Waals surface area contributed by atoms with Crippen LogP contribution in [0.3, 0.4) is 0 Å². The van der Waals surface area contributed by atoms with E-state index in [2.05, 4.69) is 15.6 Å². The maximum atomic E-state index is 12.6. The van der Waals surface area contributed by atoms with Gasteiger partial charge in [-0.25, -0.2) is 9.79 Å². The number of anilines is 1. The van der Waals surface area contributed by atoms with Crippen molar-refractivity contribution in [1.29, 1.82) is 0 Å². The number of carbonyl (C=O) groups is 2. The molecule has 2 aromatic carbocycles. The highest BCUT2D eigenvalue weighted by Gasteiger charge is 2.25. The number of esters is 1. The van der Waals surface area contributed by atoms with Gasteiger partial charge in [-0.15, -0.1) is 0 Å². The normalized spacial score (nSPS) is 13.0. The number of benzene rings is 2. The third kappa shape index (κ3) is 4.41. The average Bonchev–Trinajstić information content (AvgIpc) is 2.77. The first kappa shape index (κ1) is 18.4. The molecule has 0 aromatic heterocycles. The lowest BCUT2D eigenvalue weighted by Crippen LogP contribution is -2.36. The van der Waals surface area contributed by atoms with Crippen molar-refractivity contribution in [2.75, 3.05) is 11.9 Å². The Hall–Kier alpha value is -3.41. The predicted octanol–water partition coefficient (Wildman–Crippen LogP) is 3.34. The molecule has 1 aliphatic heterocycles. The van der Waals surface area contributed by atoms with Crippen molar-refractivity contribution < 1.29 is 14.3 Å². The zero-order valence-corrected chi connectivity index (χ0v) is 15.3. The smallest absolute Gasteiger partial charge is 0.343 e. The van der Waals surface area contributed by atoms with E-state index in [9.17, 15) is 9.59 Å². The van der Waals surface area contributed by atoms with Gasteiger partial charge in [-0.2, -0.15) is 0 Å². The molecule has 0 saturated heterocycles. The molecule has 0 aliphatic carbocycles. The van der Waals surface area contributed by atoms with Gasteiger partial charge in [0.05, 0.1) is 24.4 Å². The van der Waals surface area contributed by atoms with Gasteiger partial charge in [-0.3, -0.25) is 4.79 Å². The molecule has 0 unspecified atom stereocenters. The number of para-hydroxylation sites is 2. The maximum Gasteiger partial charge on any atom is 0.343 e. The number of carbonyl (C=O) groups excluding carboxylic acids is 2. The number of nitrogens with zero attached hydrogens (tertiary/aromatic N) is 1. The predicted molar refractivity (Wildman–Crippen MR) is 105 cm³/mol. The number of nitrogens with one attached hydrogen (secondary N) is 2. The topological polar surface area (TPSA) is 79.8 Å².